The van der Waals surface area contributed by atoms with Crippen LogP contribution in [0.3, 0.4) is 0 Å². The average Bonchev–Trinajstić information content (AvgIpc) is 2.62. The Morgan fingerprint density at radius 1 is 1.07 bits per heavy atom. The molecule has 0 spiro atoms. The lowest BCUT2D eigenvalue weighted by molar-refractivity contribution is 0.823. The zero-order chi connectivity index (χ0) is 11.0. The van der Waals surface area contributed by atoms with Crippen molar-refractivity contribution in [3.05, 3.63) is 41.7 Å². The first-order valence-electron chi connectivity index (χ1n) is 5.70. The lowest BCUT2D eigenvalue weighted by Gasteiger charge is -2.13. The van der Waals surface area contributed by atoms with Gasteiger partial charge in [0.2, 0.25) is 0 Å². The molecular formula is C14H19N. The van der Waals surface area contributed by atoms with Gasteiger partial charge >= 0.3 is 0 Å². The van der Waals surface area contributed by atoms with Crippen LogP contribution in [0.4, 0.5) is 0 Å². The monoisotopic (exact) mass is 201 g/mol. The van der Waals surface area contributed by atoms with Gasteiger partial charge < -0.3 is 4.40 Å². The molecule has 0 aliphatic carbocycles. The van der Waals surface area contributed by atoms with Crippen molar-refractivity contribution in [1.82, 2.24) is 4.40 Å². The van der Waals surface area contributed by atoms with E-state index < -0.39 is 0 Å². The standard InChI is InChI=1S/C14H19N/c1-10(2)12-8-13(11(3)4)14-6-5-7-15(14)9-12/h5-11H,1-4H3. The third-order valence-electron chi connectivity index (χ3n) is 2.97. The number of hydrogen-bond acceptors (Lipinski definition) is 0. The quantitative estimate of drug-likeness (QED) is 0.686. The first-order chi connectivity index (χ1) is 7.09. The molecule has 0 radical (unpaired) electrons. The Labute approximate surface area is 91.7 Å². The van der Waals surface area contributed by atoms with E-state index in [1.807, 2.05) is 0 Å². The maximum absolute atomic E-state index is 2.35. The second kappa shape index (κ2) is 3.73. The Morgan fingerprint density at radius 3 is 2.40 bits per heavy atom. The highest BCUT2D eigenvalue weighted by molar-refractivity contribution is 5.57. The van der Waals surface area contributed by atoms with Crippen LogP contribution in [-0.4, -0.2) is 4.40 Å². The molecule has 0 N–H and O–H groups in total. The minimum Gasteiger partial charge on any atom is -0.323 e. The first-order valence-corrected chi connectivity index (χ1v) is 5.70. The van der Waals surface area contributed by atoms with Crippen molar-refractivity contribution in [1.29, 1.82) is 0 Å². The molecule has 0 fully saturated rings. The van der Waals surface area contributed by atoms with E-state index in [1.54, 1.807) is 0 Å². The zero-order valence-electron chi connectivity index (χ0n) is 9.99. The van der Waals surface area contributed by atoms with Gasteiger partial charge in [0.05, 0.1) is 0 Å². The van der Waals surface area contributed by atoms with Gasteiger partial charge in [-0.1, -0.05) is 33.8 Å². The maximum atomic E-state index is 2.35. The second-order valence-corrected chi connectivity index (χ2v) is 4.84. The molecule has 0 unspecified atom stereocenters. The Bertz CT molecular complexity index is 463. The highest BCUT2D eigenvalue weighted by atomic mass is 14.9. The topological polar surface area (TPSA) is 4.41 Å². The summed E-state index contributed by atoms with van der Waals surface area (Å²) in [4.78, 5) is 0. The third-order valence-corrected chi connectivity index (χ3v) is 2.97. The molecule has 2 heterocycles. The van der Waals surface area contributed by atoms with Crippen LogP contribution in [0.2, 0.25) is 0 Å². The summed E-state index contributed by atoms with van der Waals surface area (Å²) >= 11 is 0. The molecule has 0 saturated heterocycles. The summed E-state index contributed by atoms with van der Waals surface area (Å²) in [7, 11) is 0. The van der Waals surface area contributed by atoms with Gasteiger partial charge in [0, 0.05) is 17.9 Å². The van der Waals surface area contributed by atoms with Crippen molar-refractivity contribution in [3.63, 3.8) is 0 Å². The van der Waals surface area contributed by atoms with Gasteiger partial charge in [-0.2, -0.15) is 0 Å². The molecule has 80 valence electrons. The molecule has 0 aliphatic rings. The van der Waals surface area contributed by atoms with E-state index in [9.17, 15) is 0 Å². The molecule has 0 atom stereocenters. The van der Waals surface area contributed by atoms with E-state index in [4.69, 9.17) is 0 Å². The normalized spacial score (nSPS) is 11.9. The van der Waals surface area contributed by atoms with Gasteiger partial charge in [-0.25, -0.2) is 0 Å². The minimum absolute atomic E-state index is 0.584. The molecule has 1 nitrogen and oxygen atoms in total. The van der Waals surface area contributed by atoms with Gasteiger partial charge in [-0.3, -0.25) is 0 Å². The number of hydrogen-bond donors (Lipinski definition) is 0. The van der Waals surface area contributed by atoms with Crippen molar-refractivity contribution < 1.29 is 0 Å². The summed E-state index contributed by atoms with van der Waals surface area (Å²) in [6.07, 6.45) is 4.37. The Morgan fingerprint density at radius 2 is 1.80 bits per heavy atom. The van der Waals surface area contributed by atoms with E-state index in [0.717, 1.165) is 0 Å². The number of aromatic nitrogens is 1. The maximum Gasteiger partial charge on any atom is 0.0484 e. The Balaban J connectivity index is 2.69. The van der Waals surface area contributed by atoms with Crippen molar-refractivity contribution >= 4 is 5.52 Å². The Hall–Kier alpha value is -1.24. The fourth-order valence-corrected chi connectivity index (χ4v) is 1.98. The van der Waals surface area contributed by atoms with E-state index in [0.29, 0.717) is 11.8 Å². The van der Waals surface area contributed by atoms with Crippen molar-refractivity contribution in [2.45, 2.75) is 39.5 Å². The van der Waals surface area contributed by atoms with Gasteiger partial charge in [-0.05, 0) is 35.1 Å². The molecule has 2 aromatic heterocycles. The molecule has 1 heteroatoms. The lowest BCUT2D eigenvalue weighted by atomic mass is 9.97. The molecular weight excluding hydrogens is 182 g/mol. The van der Waals surface area contributed by atoms with Gasteiger partial charge in [-0.15, -0.1) is 0 Å². The van der Waals surface area contributed by atoms with E-state index in [1.165, 1.54) is 16.6 Å². The van der Waals surface area contributed by atoms with Crippen LogP contribution in [0.15, 0.2) is 30.6 Å². The molecule has 0 aromatic carbocycles. The van der Waals surface area contributed by atoms with Crippen LogP contribution >= 0.6 is 0 Å². The molecule has 15 heavy (non-hydrogen) atoms. The highest BCUT2D eigenvalue weighted by Gasteiger charge is 2.09. The predicted octanol–water partition coefficient (Wildman–Crippen LogP) is 4.19. The van der Waals surface area contributed by atoms with Gasteiger partial charge in [0.1, 0.15) is 0 Å². The molecule has 0 saturated carbocycles. The van der Waals surface area contributed by atoms with Gasteiger partial charge in [0.15, 0.2) is 0 Å². The van der Waals surface area contributed by atoms with Crippen LogP contribution in [0.5, 0.6) is 0 Å². The number of fused-ring (bicyclic) bond motifs is 1. The van der Waals surface area contributed by atoms with Gasteiger partial charge in [0.25, 0.3) is 0 Å². The average molecular weight is 201 g/mol. The lowest BCUT2D eigenvalue weighted by Crippen LogP contribution is -1.98. The number of pyridine rings is 1. The van der Waals surface area contributed by atoms with Crippen LogP contribution in [0.25, 0.3) is 5.52 Å². The number of nitrogens with zero attached hydrogens (tertiary/aromatic N) is 1. The summed E-state index contributed by atoms with van der Waals surface area (Å²) in [6, 6.07) is 6.66. The summed E-state index contributed by atoms with van der Waals surface area (Å²) in [6.45, 7) is 9.00. The summed E-state index contributed by atoms with van der Waals surface area (Å²) < 4.78 is 2.24. The van der Waals surface area contributed by atoms with E-state index >= 15 is 0 Å². The van der Waals surface area contributed by atoms with Crippen LogP contribution < -0.4 is 0 Å². The Kier molecular flexibility index (Phi) is 2.56. The minimum atomic E-state index is 0.584. The van der Waals surface area contributed by atoms with Crippen LogP contribution in [0, 0.1) is 0 Å². The van der Waals surface area contributed by atoms with E-state index in [-0.39, 0.29) is 0 Å². The first kappa shape index (κ1) is 10.3. The predicted molar refractivity (Wildman–Crippen MR) is 65.6 cm³/mol. The van der Waals surface area contributed by atoms with Crippen molar-refractivity contribution in [3.8, 4) is 0 Å². The van der Waals surface area contributed by atoms with E-state index in [2.05, 4.69) is 62.7 Å². The van der Waals surface area contributed by atoms with Crippen LogP contribution in [-0.2, 0) is 0 Å². The summed E-state index contributed by atoms with van der Waals surface area (Å²) in [5.41, 5.74) is 4.21. The largest absolute Gasteiger partial charge is 0.323 e. The smallest absolute Gasteiger partial charge is 0.0484 e. The molecule has 2 rings (SSSR count). The summed E-state index contributed by atoms with van der Waals surface area (Å²) in [5, 5.41) is 0. The summed E-state index contributed by atoms with van der Waals surface area (Å²) in [5.74, 6) is 1.18. The fraction of sp³-hybridized carbons (Fsp3) is 0.429. The van der Waals surface area contributed by atoms with Crippen molar-refractivity contribution in [2.75, 3.05) is 0 Å². The van der Waals surface area contributed by atoms with Crippen molar-refractivity contribution in [2.24, 2.45) is 0 Å². The SMILES string of the molecule is CC(C)c1cc(C(C)C)c2cccn2c1. The zero-order valence-corrected chi connectivity index (χ0v) is 9.99. The van der Waals surface area contributed by atoms with Crippen LogP contribution in [0.1, 0.15) is 50.7 Å². The molecule has 2 aromatic rings. The number of rotatable bonds is 2. The molecule has 0 bridgehead atoms. The second-order valence-electron chi connectivity index (χ2n) is 4.84. The molecule has 0 amide bonds. The highest BCUT2D eigenvalue weighted by Crippen LogP contribution is 2.25. The third kappa shape index (κ3) is 1.79. The molecule has 0 aliphatic heterocycles. The fourth-order valence-electron chi connectivity index (χ4n) is 1.98.